The summed E-state index contributed by atoms with van der Waals surface area (Å²) >= 11 is 0. The predicted octanol–water partition coefficient (Wildman–Crippen LogP) is 5.20. The zero-order chi connectivity index (χ0) is 13.6. The molecule has 0 aliphatic heterocycles. The molecule has 1 fully saturated rings. The number of rotatable bonds is 3. The van der Waals surface area contributed by atoms with Gasteiger partial charge in [0.15, 0.2) is 0 Å². The maximum atomic E-state index is 2.60. The molecule has 106 valence electrons. The topological polar surface area (TPSA) is 0 Å². The van der Waals surface area contributed by atoms with Gasteiger partial charge >= 0.3 is 0 Å². The standard InChI is InChI=1S/C20H26/c1-2-3-5-15-7-9-17-6-4-11-20(19(17)13-15)14-16-8-10-18(20)12-16/h7-10,13,16,18H,2-6,11-12,14H2,1H3. The Morgan fingerprint density at radius 2 is 2.20 bits per heavy atom. The predicted molar refractivity (Wildman–Crippen MR) is 85.0 cm³/mol. The fourth-order valence-electron chi connectivity index (χ4n) is 5.12. The largest absolute Gasteiger partial charge is 0.0851 e. The Hall–Kier alpha value is -1.04. The van der Waals surface area contributed by atoms with Crippen LogP contribution in [0, 0.1) is 11.8 Å². The van der Waals surface area contributed by atoms with Crippen molar-refractivity contribution in [2.45, 2.75) is 63.7 Å². The third kappa shape index (κ3) is 1.80. The van der Waals surface area contributed by atoms with Crippen LogP contribution >= 0.6 is 0 Å². The summed E-state index contributed by atoms with van der Waals surface area (Å²) in [5.74, 6) is 1.72. The van der Waals surface area contributed by atoms with Crippen molar-refractivity contribution in [1.29, 1.82) is 0 Å². The van der Waals surface area contributed by atoms with E-state index in [-0.39, 0.29) is 0 Å². The minimum Gasteiger partial charge on any atom is -0.0851 e. The van der Waals surface area contributed by atoms with Gasteiger partial charge in [0.05, 0.1) is 0 Å². The van der Waals surface area contributed by atoms with Crippen LogP contribution in [0.5, 0.6) is 0 Å². The van der Waals surface area contributed by atoms with E-state index in [1.807, 2.05) is 0 Å². The van der Waals surface area contributed by atoms with Crippen LogP contribution in [-0.2, 0) is 18.3 Å². The van der Waals surface area contributed by atoms with E-state index in [1.54, 1.807) is 16.7 Å². The van der Waals surface area contributed by atoms with Crippen LogP contribution in [0.4, 0.5) is 0 Å². The van der Waals surface area contributed by atoms with E-state index in [1.165, 1.54) is 51.4 Å². The minimum atomic E-state index is 0.523. The molecule has 3 aliphatic carbocycles. The van der Waals surface area contributed by atoms with Crippen molar-refractivity contribution in [3.63, 3.8) is 0 Å². The molecule has 0 radical (unpaired) electrons. The van der Waals surface area contributed by atoms with Crippen LogP contribution in [0.25, 0.3) is 0 Å². The van der Waals surface area contributed by atoms with Gasteiger partial charge in [-0.05, 0) is 73.5 Å². The van der Waals surface area contributed by atoms with Gasteiger partial charge in [-0.2, -0.15) is 0 Å². The summed E-state index contributed by atoms with van der Waals surface area (Å²) in [6, 6.07) is 7.45. The third-order valence-corrected chi connectivity index (χ3v) is 6.11. The molecule has 1 aromatic carbocycles. The molecule has 0 saturated heterocycles. The SMILES string of the molecule is CCCCc1ccc2c(c1)C1(CCC2)CC2C=CC1C2. The molecular weight excluding hydrogens is 240 g/mol. The zero-order valence-electron chi connectivity index (χ0n) is 12.7. The van der Waals surface area contributed by atoms with Crippen molar-refractivity contribution in [2.75, 3.05) is 0 Å². The number of aryl methyl sites for hydroxylation is 2. The van der Waals surface area contributed by atoms with Crippen LogP contribution in [-0.4, -0.2) is 0 Å². The number of benzene rings is 1. The van der Waals surface area contributed by atoms with E-state index >= 15 is 0 Å². The average Bonchev–Trinajstić information content (AvgIpc) is 3.07. The van der Waals surface area contributed by atoms with Gasteiger partial charge in [-0.1, -0.05) is 43.7 Å². The molecule has 20 heavy (non-hydrogen) atoms. The molecule has 3 unspecified atom stereocenters. The first-order chi connectivity index (χ1) is 9.82. The Balaban J connectivity index is 1.74. The monoisotopic (exact) mass is 266 g/mol. The van der Waals surface area contributed by atoms with Crippen molar-refractivity contribution < 1.29 is 0 Å². The highest BCUT2D eigenvalue weighted by atomic mass is 14.5. The van der Waals surface area contributed by atoms with Crippen LogP contribution in [0.15, 0.2) is 30.4 Å². The lowest BCUT2D eigenvalue weighted by atomic mass is 9.63. The van der Waals surface area contributed by atoms with Crippen LogP contribution < -0.4 is 0 Å². The number of allylic oxidation sites excluding steroid dienone is 2. The summed E-state index contributed by atoms with van der Waals surface area (Å²) in [6.45, 7) is 2.29. The molecule has 0 amide bonds. The third-order valence-electron chi connectivity index (χ3n) is 6.11. The van der Waals surface area contributed by atoms with Gasteiger partial charge in [-0.15, -0.1) is 0 Å². The summed E-state index contributed by atoms with van der Waals surface area (Å²) in [5, 5.41) is 0. The lowest BCUT2D eigenvalue weighted by molar-refractivity contribution is 0.303. The second-order valence-corrected chi connectivity index (χ2v) is 7.30. The Morgan fingerprint density at radius 1 is 1.25 bits per heavy atom. The van der Waals surface area contributed by atoms with Gasteiger partial charge < -0.3 is 0 Å². The molecule has 3 aliphatic rings. The van der Waals surface area contributed by atoms with E-state index in [2.05, 4.69) is 37.3 Å². The molecule has 0 aromatic heterocycles. The highest BCUT2D eigenvalue weighted by Gasteiger charge is 2.50. The van der Waals surface area contributed by atoms with Gasteiger partial charge in [-0.25, -0.2) is 0 Å². The molecule has 0 N–H and O–H groups in total. The molecule has 1 saturated carbocycles. The summed E-state index contributed by atoms with van der Waals surface area (Å²) < 4.78 is 0. The van der Waals surface area contributed by atoms with Gasteiger partial charge in [0, 0.05) is 5.41 Å². The lowest BCUT2D eigenvalue weighted by Gasteiger charge is -2.41. The second kappa shape index (κ2) is 4.76. The van der Waals surface area contributed by atoms with E-state index in [0.29, 0.717) is 5.41 Å². The zero-order valence-corrected chi connectivity index (χ0v) is 12.7. The van der Waals surface area contributed by atoms with Crippen molar-refractivity contribution in [3.05, 3.63) is 47.0 Å². The molecule has 0 heteroatoms. The van der Waals surface area contributed by atoms with Crippen molar-refractivity contribution in [2.24, 2.45) is 11.8 Å². The average molecular weight is 266 g/mol. The van der Waals surface area contributed by atoms with Crippen LogP contribution in [0.1, 0.15) is 62.1 Å². The quantitative estimate of drug-likeness (QED) is 0.660. The Kier molecular flexibility index (Phi) is 3.02. The number of fused-ring (bicyclic) bond motifs is 5. The Bertz CT molecular complexity index is 539. The molecular formula is C20H26. The van der Waals surface area contributed by atoms with E-state index < -0.39 is 0 Å². The van der Waals surface area contributed by atoms with E-state index in [0.717, 1.165) is 11.8 Å². The molecule has 1 spiro atoms. The lowest BCUT2D eigenvalue weighted by Crippen LogP contribution is -2.35. The molecule has 2 bridgehead atoms. The van der Waals surface area contributed by atoms with Crippen molar-refractivity contribution in [1.82, 2.24) is 0 Å². The van der Waals surface area contributed by atoms with Crippen molar-refractivity contribution >= 4 is 0 Å². The first kappa shape index (κ1) is 12.7. The molecule has 3 atom stereocenters. The molecule has 0 heterocycles. The summed E-state index contributed by atoms with van der Waals surface area (Å²) in [4.78, 5) is 0. The fourth-order valence-corrected chi connectivity index (χ4v) is 5.12. The van der Waals surface area contributed by atoms with Gasteiger partial charge in [0.1, 0.15) is 0 Å². The normalized spacial score (nSPS) is 33.9. The Labute approximate surface area is 123 Å². The number of unbranched alkanes of at least 4 members (excludes halogenated alkanes) is 1. The number of hydrogen-bond donors (Lipinski definition) is 0. The minimum absolute atomic E-state index is 0.523. The smallest absolute Gasteiger partial charge is 0.00244 e. The van der Waals surface area contributed by atoms with Gasteiger partial charge in [0.2, 0.25) is 0 Å². The highest BCUT2D eigenvalue weighted by molar-refractivity contribution is 5.44. The summed E-state index contributed by atoms with van der Waals surface area (Å²) in [5.41, 5.74) is 5.51. The number of hydrogen-bond acceptors (Lipinski definition) is 0. The first-order valence-corrected chi connectivity index (χ1v) is 8.62. The van der Waals surface area contributed by atoms with Crippen LogP contribution in [0.2, 0.25) is 0 Å². The summed E-state index contributed by atoms with van der Waals surface area (Å²) in [6.07, 6.45) is 15.9. The van der Waals surface area contributed by atoms with Crippen LogP contribution in [0.3, 0.4) is 0 Å². The second-order valence-electron chi connectivity index (χ2n) is 7.30. The maximum Gasteiger partial charge on any atom is 0.00244 e. The summed E-state index contributed by atoms with van der Waals surface area (Å²) in [7, 11) is 0. The van der Waals surface area contributed by atoms with E-state index in [9.17, 15) is 0 Å². The molecule has 0 nitrogen and oxygen atoms in total. The molecule has 4 rings (SSSR count). The Morgan fingerprint density at radius 3 is 2.95 bits per heavy atom. The molecule has 1 aromatic rings. The van der Waals surface area contributed by atoms with E-state index in [4.69, 9.17) is 0 Å². The fraction of sp³-hybridized carbons (Fsp3) is 0.600. The first-order valence-electron chi connectivity index (χ1n) is 8.62. The van der Waals surface area contributed by atoms with Gasteiger partial charge in [0.25, 0.3) is 0 Å². The van der Waals surface area contributed by atoms with Gasteiger partial charge in [-0.3, -0.25) is 0 Å². The van der Waals surface area contributed by atoms with Crippen molar-refractivity contribution in [3.8, 4) is 0 Å². The maximum absolute atomic E-state index is 2.60. The highest BCUT2D eigenvalue weighted by Crippen LogP contribution is 2.58.